The minimum absolute atomic E-state index is 0.229. The second-order valence-electron chi connectivity index (χ2n) is 3.99. The minimum Gasteiger partial charge on any atom is -0.480 e. The molecule has 82 valence electrons. The van der Waals surface area contributed by atoms with Gasteiger partial charge in [0.25, 0.3) is 0 Å². The highest BCUT2D eigenvalue weighted by atomic mass is 16.5. The number of carboxylic acid groups (broad SMARTS) is 1. The fourth-order valence-corrected chi connectivity index (χ4v) is 1.75. The molecule has 0 aromatic rings. The summed E-state index contributed by atoms with van der Waals surface area (Å²) in [5.74, 6) is -0.188. The van der Waals surface area contributed by atoms with E-state index in [1.165, 1.54) is 26.4 Å². The molecular weight excluding hydrogens is 182 g/mol. The molecule has 1 saturated carbocycles. The maximum absolute atomic E-state index is 10.8. The van der Waals surface area contributed by atoms with Gasteiger partial charge in [-0.25, -0.2) is 0 Å². The lowest BCUT2D eigenvalue weighted by atomic mass is 9.80. The molecule has 0 bridgehead atoms. The Morgan fingerprint density at radius 3 is 2.64 bits per heavy atom. The van der Waals surface area contributed by atoms with Gasteiger partial charge >= 0.3 is 5.97 Å². The zero-order chi connectivity index (χ0) is 10.6. The summed E-state index contributed by atoms with van der Waals surface area (Å²) in [5, 5.41) is 12.0. The van der Waals surface area contributed by atoms with Crippen molar-refractivity contribution in [3.8, 4) is 0 Å². The van der Waals surface area contributed by atoms with Crippen LogP contribution < -0.4 is 5.32 Å². The van der Waals surface area contributed by atoms with Crippen LogP contribution in [0.15, 0.2) is 0 Å². The molecule has 2 atom stereocenters. The van der Waals surface area contributed by atoms with Gasteiger partial charge < -0.3 is 9.84 Å². The largest absolute Gasteiger partial charge is 0.480 e. The summed E-state index contributed by atoms with van der Waals surface area (Å²) in [6, 6.07) is -0.296. The van der Waals surface area contributed by atoms with E-state index in [0.29, 0.717) is 5.92 Å². The van der Waals surface area contributed by atoms with E-state index in [9.17, 15) is 4.79 Å². The van der Waals surface area contributed by atoms with E-state index in [2.05, 4.69) is 12.2 Å². The summed E-state index contributed by atoms with van der Waals surface area (Å²) in [7, 11) is 1.52. The highest BCUT2D eigenvalue weighted by Crippen LogP contribution is 2.29. The number of ether oxygens (including phenoxy) is 1. The molecule has 0 aliphatic heterocycles. The summed E-state index contributed by atoms with van der Waals surface area (Å²) < 4.78 is 4.85. The maximum Gasteiger partial charge on any atom is 0.323 e. The quantitative estimate of drug-likeness (QED) is 0.669. The zero-order valence-electron chi connectivity index (χ0n) is 8.82. The van der Waals surface area contributed by atoms with Crippen molar-refractivity contribution in [1.29, 1.82) is 0 Å². The lowest BCUT2D eigenvalue weighted by molar-refractivity contribution is -0.141. The van der Waals surface area contributed by atoms with E-state index < -0.39 is 12.0 Å². The highest BCUT2D eigenvalue weighted by molar-refractivity contribution is 5.73. The monoisotopic (exact) mass is 201 g/mol. The summed E-state index contributed by atoms with van der Waals surface area (Å²) >= 11 is 0. The van der Waals surface area contributed by atoms with E-state index >= 15 is 0 Å². The summed E-state index contributed by atoms with van der Waals surface area (Å²) in [4.78, 5) is 10.8. The van der Waals surface area contributed by atoms with Gasteiger partial charge in [-0.05, 0) is 25.7 Å². The van der Waals surface area contributed by atoms with Crippen molar-refractivity contribution in [1.82, 2.24) is 5.32 Å². The number of aliphatic carboxylic acids is 1. The molecule has 2 N–H and O–H groups in total. The van der Waals surface area contributed by atoms with Gasteiger partial charge in [0.2, 0.25) is 0 Å². The maximum atomic E-state index is 10.8. The second-order valence-corrected chi connectivity index (χ2v) is 3.99. The van der Waals surface area contributed by atoms with Gasteiger partial charge in [-0.1, -0.05) is 6.42 Å². The first-order chi connectivity index (χ1) is 6.65. The molecular formula is C10H19NO3. The zero-order valence-corrected chi connectivity index (χ0v) is 8.82. The fourth-order valence-electron chi connectivity index (χ4n) is 1.75. The van der Waals surface area contributed by atoms with E-state index in [4.69, 9.17) is 9.84 Å². The molecule has 4 nitrogen and oxygen atoms in total. The van der Waals surface area contributed by atoms with E-state index in [0.717, 1.165) is 0 Å². The van der Waals surface area contributed by atoms with Crippen LogP contribution in [0.5, 0.6) is 0 Å². The molecule has 0 amide bonds. The summed E-state index contributed by atoms with van der Waals surface area (Å²) in [6.45, 7) is 2.28. The van der Waals surface area contributed by atoms with E-state index in [1.807, 2.05) is 0 Å². The Kier molecular flexibility index (Phi) is 4.35. The van der Waals surface area contributed by atoms with Crippen molar-refractivity contribution in [3.05, 3.63) is 0 Å². The Bertz CT molecular complexity index is 192. The molecule has 2 unspecified atom stereocenters. The van der Waals surface area contributed by atoms with Crippen LogP contribution in [-0.2, 0) is 9.53 Å². The third-order valence-electron chi connectivity index (χ3n) is 2.95. The van der Waals surface area contributed by atoms with Gasteiger partial charge in [-0.3, -0.25) is 10.1 Å². The Balaban J connectivity index is 2.33. The molecule has 14 heavy (non-hydrogen) atoms. The van der Waals surface area contributed by atoms with Gasteiger partial charge in [-0.15, -0.1) is 0 Å². The summed E-state index contributed by atoms with van der Waals surface area (Å²) in [6.07, 6.45) is 3.71. The molecule has 0 aromatic heterocycles. The highest BCUT2D eigenvalue weighted by Gasteiger charge is 2.27. The lowest BCUT2D eigenvalue weighted by Gasteiger charge is -2.33. The molecule has 0 spiro atoms. The SMILES string of the molecule is COCC(NC(C)C1CCC1)C(=O)O. The van der Waals surface area contributed by atoms with Crippen LogP contribution in [-0.4, -0.2) is 36.9 Å². The van der Waals surface area contributed by atoms with Crippen molar-refractivity contribution in [2.75, 3.05) is 13.7 Å². The van der Waals surface area contributed by atoms with Crippen LogP contribution in [0.2, 0.25) is 0 Å². The van der Waals surface area contributed by atoms with E-state index in [1.54, 1.807) is 0 Å². The van der Waals surface area contributed by atoms with Crippen molar-refractivity contribution in [3.63, 3.8) is 0 Å². The van der Waals surface area contributed by atoms with Gasteiger partial charge in [0.15, 0.2) is 0 Å². The van der Waals surface area contributed by atoms with E-state index in [-0.39, 0.29) is 12.6 Å². The molecule has 1 fully saturated rings. The predicted molar refractivity (Wildman–Crippen MR) is 53.2 cm³/mol. The lowest BCUT2D eigenvalue weighted by Crippen LogP contribution is -2.48. The first-order valence-corrected chi connectivity index (χ1v) is 5.13. The topological polar surface area (TPSA) is 58.6 Å². The average molecular weight is 201 g/mol. The van der Waals surface area contributed by atoms with Crippen LogP contribution in [0.25, 0.3) is 0 Å². The van der Waals surface area contributed by atoms with Gasteiger partial charge in [0.05, 0.1) is 6.61 Å². The third kappa shape index (κ3) is 2.96. The van der Waals surface area contributed by atoms with Gasteiger partial charge in [-0.2, -0.15) is 0 Å². The molecule has 0 aromatic carbocycles. The van der Waals surface area contributed by atoms with Crippen molar-refractivity contribution in [2.24, 2.45) is 5.92 Å². The van der Waals surface area contributed by atoms with Gasteiger partial charge in [0.1, 0.15) is 6.04 Å². The first kappa shape index (κ1) is 11.5. The van der Waals surface area contributed by atoms with Crippen LogP contribution in [0.1, 0.15) is 26.2 Å². The number of nitrogens with one attached hydrogen (secondary N) is 1. The minimum atomic E-state index is -0.835. The Morgan fingerprint density at radius 2 is 2.29 bits per heavy atom. The average Bonchev–Trinajstić information content (AvgIpc) is 1.99. The fraction of sp³-hybridized carbons (Fsp3) is 0.900. The predicted octanol–water partition coefficient (Wildman–Crippen LogP) is 0.864. The standard InChI is InChI=1S/C10H19NO3/c1-7(8-4-3-5-8)11-9(6-14-2)10(12)13/h7-9,11H,3-6H2,1-2H3,(H,12,13). The number of carbonyl (C=O) groups is 1. The van der Waals surface area contributed by atoms with Crippen molar-refractivity contribution in [2.45, 2.75) is 38.3 Å². The Morgan fingerprint density at radius 1 is 1.64 bits per heavy atom. The molecule has 0 radical (unpaired) electrons. The molecule has 0 heterocycles. The van der Waals surface area contributed by atoms with Crippen molar-refractivity contribution >= 4 is 5.97 Å². The number of hydrogen-bond acceptors (Lipinski definition) is 3. The molecule has 1 aliphatic carbocycles. The van der Waals surface area contributed by atoms with Crippen LogP contribution in [0.4, 0.5) is 0 Å². The van der Waals surface area contributed by atoms with Crippen molar-refractivity contribution < 1.29 is 14.6 Å². The van der Waals surface area contributed by atoms with Crippen LogP contribution in [0.3, 0.4) is 0 Å². The second kappa shape index (κ2) is 5.32. The normalized spacial score (nSPS) is 21.3. The Hall–Kier alpha value is -0.610. The van der Waals surface area contributed by atoms with Crippen LogP contribution >= 0.6 is 0 Å². The number of carboxylic acids is 1. The smallest absolute Gasteiger partial charge is 0.323 e. The summed E-state index contributed by atoms with van der Waals surface area (Å²) in [5.41, 5.74) is 0. The number of rotatable bonds is 6. The third-order valence-corrected chi connectivity index (χ3v) is 2.95. The molecule has 1 rings (SSSR count). The van der Waals surface area contributed by atoms with Gasteiger partial charge in [0, 0.05) is 13.2 Å². The first-order valence-electron chi connectivity index (χ1n) is 5.13. The molecule has 0 saturated heterocycles. The number of methoxy groups -OCH3 is 1. The van der Waals surface area contributed by atoms with Crippen LogP contribution in [0, 0.1) is 5.92 Å². The molecule has 4 heteroatoms. The Labute approximate surface area is 84.6 Å². The molecule has 1 aliphatic rings. The number of hydrogen-bond donors (Lipinski definition) is 2.